The van der Waals surface area contributed by atoms with Gasteiger partial charge in [-0.15, -0.1) is 0 Å². The maximum absolute atomic E-state index is 11.6. The molecule has 2 N–H and O–H groups in total. The standard InChI is InChI=1S/C14H21NO4/c1-4-5-6-19-14(16)8-10-7-12(17-2)13(18-3)9-11(10)15/h7,9H,4-6,8,15H2,1-3H3. The Hall–Kier alpha value is -1.91. The number of unbranched alkanes of at least 4 members (excludes halogenated alkanes) is 1. The third kappa shape index (κ3) is 4.35. The van der Waals surface area contributed by atoms with Gasteiger partial charge in [-0.3, -0.25) is 4.79 Å². The minimum absolute atomic E-state index is 0.135. The Bertz CT molecular complexity index is 432. The number of rotatable bonds is 7. The molecule has 0 aliphatic rings. The fourth-order valence-electron chi connectivity index (χ4n) is 1.63. The Labute approximate surface area is 113 Å². The van der Waals surface area contributed by atoms with Crippen LogP contribution in [0.4, 0.5) is 5.69 Å². The molecule has 0 aliphatic carbocycles. The van der Waals surface area contributed by atoms with Gasteiger partial charge in [0, 0.05) is 11.8 Å². The van der Waals surface area contributed by atoms with Gasteiger partial charge in [0.1, 0.15) is 0 Å². The summed E-state index contributed by atoms with van der Waals surface area (Å²) in [6.07, 6.45) is 1.99. The van der Waals surface area contributed by atoms with Crippen LogP contribution in [0.15, 0.2) is 12.1 Å². The van der Waals surface area contributed by atoms with E-state index < -0.39 is 0 Å². The molecule has 0 fully saturated rings. The van der Waals surface area contributed by atoms with E-state index in [2.05, 4.69) is 0 Å². The Morgan fingerprint density at radius 3 is 2.42 bits per heavy atom. The summed E-state index contributed by atoms with van der Waals surface area (Å²) in [6, 6.07) is 3.35. The van der Waals surface area contributed by atoms with E-state index in [-0.39, 0.29) is 12.4 Å². The van der Waals surface area contributed by atoms with Crippen LogP contribution in [0.25, 0.3) is 0 Å². The molecule has 0 aliphatic heterocycles. The number of ether oxygens (including phenoxy) is 3. The second-order valence-corrected chi connectivity index (χ2v) is 4.16. The van der Waals surface area contributed by atoms with Crippen LogP contribution in [0, 0.1) is 0 Å². The quantitative estimate of drug-likeness (QED) is 0.466. The Kier molecular flexibility index (Phi) is 5.99. The van der Waals surface area contributed by atoms with E-state index in [4.69, 9.17) is 19.9 Å². The average molecular weight is 267 g/mol. The zero-order valence-corrected chi connectivity index (χ0v) is 11.7. The van der Waals surface area contributed by atoms with Crippen molar-refractivity contribution in [1.29, 1.82) is 0 Å². The highest BCUT2D eigenvalue weighted by Crippen LogP contribution is 2.32. The molecular formula is C14H21NO4. The van der Waals surface area contributed by atoms with Crippen LogP contribution in [0.2, 0.25) is 0 Å². The van der Waals surface area contributed by atoms with Crippen LogP contribution in [0.5, 0.6) is 11.5 Å². The first-order valence-corrected chi connectivity index (χ1v) is 6.28. The van der Waals surface area contributed by atoms with E-state index >= 15 is 0 Å². The van der Waals surface area contributed by atoms with Gasteiger partial charge in [0.15, 0.2) is 11.5 Å². The first kappa shape index (κ1) is 15.1. The molecule has 0 unspecified atom stereocenters. The van der Waals surface area contributed by atoms with E-state index in [1.807, 2.05) is 6.92 Å². The summed E-state index contributed by atoms with van der Waals surface area (Å²) in [6.45, 7) is 2.49. The molecular weight excluding hydrogens is 246 g/mol. The predicted molar refractivity (Wildman–Crippen MR) is 73.5 cm³/mol. The fraction of sp³-hybridized carbons (Fsp3) is 0.500. The lowest BCUT2D eigenvalue weighted by Gasteiger charge is -2.12. The third-order valence-corrected chi connectivity index (χ3v) is 2.74. The Balaban J connectivity index is 2.75. The molecule has 5 nitrogen and oxygen atoms in total. The van der Waals surface area contributed by atoms with E-state index in [0.29, 0.717) is 29.4 Å². The number of hydrogen-bond donors (Lipinski definition) is 1. The summed E-state index contributed by atoms with van der Waals surface area (Å²) in [5, 5.41) is 0. The molecule has 0 atom stereocenters. The van der Waals surface area contributed by atoms with Crippen molar-refractivity contribution in [2.24, 2.45) is 0 Å². The Morgan fingerprint density at radius 2 is 1.84 bits per heavy atom. The van der Waals surface area contributed by atoms with Gasteiger partial charge in [-0.05, 0) is 18.1 Å². The van der Waals surface area contributed by atoms with Gasteiger partial charge >= 0.3 is 5.97 Å². The van der Waals surface area contributed by atoms with Crippen LogP contribution in [-0.2, 0) is 16.0 Å². The minimum Gasteiger partial charge on any atom is -0.493 e. The number of benzene rings is 1. The normalized spacial score (nSPS) is 10.1. The maximum Gasteiger partial charge on any atom is 0.310 e. The summed E-state index contributed by atoms with van der Waals surface area (Å²) in [7, 11) is 3.08. The monoisotopic (exact) mass is 267 g/mol. The molecule has 0 saturated carbocycles. The lowest BCUT2D eigenvalue weighted by Crippen LogP contribution is -2.10. The van der Waals surface area contributed by atoms with Crippen molar-refractivity contribution in [1.82, 2.24) is 0 Å². The number of nitrogens with two attached hydrogens (primary N) is 1. The second kappa shape index (κ2) is 7.51. The molecule has 0 aromatic heterocycles. The van der Waals surface area contributed by atoms with E-state index in [1.165, 1.54) is 14.2 Å². The van der Waals surface area contributed by atoms with Crippen LogP contribution < -0.4 is 15.2 Å². The average Bonchev–Trinajstić information content (AvgIpc) is 2.40. The number of carbonyl (C=O) groups is 1. The van der Waals surface area contributed by atoms with Gasteiger partial charge in [-0.2, -0.15) is 0 Å². The highest BCUT2D eigenvalue weighted by molar-refractivity contribution is 5.76. The topological polar surface area (TPSA) is 70.8 Å². The maximum atomic E-state index is 11.6. The van der Waals surface area contributed by atoms with Gasteiger partial charge in [-0.1, -0.05) is 13.3 Å². The lowest BCUT2D eigenvalue weighted by molar-refractivity contribution is -0.142. The molecule has 0 radical (unpaired) electrons. The molecule has 1 rings (SSSR count). The first-order chi connectivity index (χ1) is 9.12. The minimum atomic E-state index is -0.285. The molecule has 19 heavy (non-hydrogen) atoms. The number of anilines is 1. The number of nitrogen functional groups attached to an aromatic ring is 1. The van der Waals surface area contributed by atoms with Gasteiger partial charge in [0.25, 0.3) is 0 Å². The molecule has 106 valence electrons. The molecule has 0 bridgehead atoms. The second-order valence-electron chi connectivity index (χ2n) is 4.16. The summed E-state index contributed by atoms with van der Waals surface area (Å²) >= 11 is 0. The van der Waals surface area contributed by atoms with Crippen molar-refractivity contribution in [3.05, 3.63) is 17.7 Å². The lowest BCUT2D eigenvalue weighted by atomic mass is 10.1. The number of hydrogen-bond acceptors (Lipinski definition) is 5. The molecule has 0 saturated heterocycles. The van der Waals surface area contributed by atoms with Crippen LogP contribution in [-0.4, -0.2) is 26.8 Å². The van der Waals surface area contributed by atoms with Gasteiger partial charge in [0.2, 0.25) is 0 Å². The number of methoxy groups -OCH3 is 2. The summed E-state index contributed by atoms with van der Waals surface area (Å²) in [5.74, 6) is 0.809. The van der Waals surface area contributed by atoms with Crippen LogP contribution >= 0.6 is 0 Å². The molecule has 5 heteroatoms. The van der Waals surface area contributed by atoms with E-state index in [0.717, 1.165) is 12.8 Å². The fourth-order valence-corrected chi connectivity index (χ4v) is 1.63. The summed E-state index contributed by atoms with van der Waals surface area (Å²) < 4.78 is 15.4. The van der Waals surface area contributed by atoms with Gasteiger partial charge < -0.3 is 19.9 Å². The molecule has 0 spiro atoms. The highest BCUT2D eigenvalue weighted by atomic mass is 16.5. The van der Waals surface area contributed by atoms with Crippen molar-refractivity contribution in [2.45, 2.75) is 26.2 Å². The smallest absolute Gasteiger partial charge is 0.310 e. The molecule has 0 heterocycles. The first-order valence-electron chi connectivity index (χ1n) is 6.28. The van der Waals surface area contributed by atoms with Crippen molar-refractivity contribution in [2.75, 3.05) is 26.6 Å². The zero-order chi connectivity index (χ0) is 14.3. The van der Waals surface area contributed by atoms with Gasteiger partial charge in [-0.25, -0.2) is 0 Å². The predicted octanol–water partition coefficient (Wildman–Crippen LogP) is 2.17. The summed E-state index contributed by atoms with van der Waals surface area (Å²) in [5.41, 5.74) is 7.05. The highest BCUT2D eigenvalue weighted by Gasteiger charge is 2.13. The largest absolute Gasteiger partial charge is 0.493 e. The van der Waals surface area contributed by atoms with Crippen LogP contribution in [0.3, 0.4) is 0 Å². The number of esters is 1. The van der Waals surface area contributed by atoms with Crippen molar-refractivity contribution < 1.29 is 19.0 Å². The molecule has 1 aromatic rings. The van der Waals surface area contributed by atoms with E-state index in [9.17, 15) is 4.79 Å². The molecule has 1 aromatic carbocycles. The van der Waals surface area contributed by atoms with Gasteiger partial charge in [0.05, 0.1) is 27.2 Å². The zero-order valence-electron chi connectivity index (χ0n) is 11.7. The SMILES string of the molecule is CCCCOC(=O)Cc1cc(OC)c(OC)cc1N. The van der Waals surface area contributed by atoms with Crippen LogP contribution in [0.1, 0.15) is 25.3 Å². The van der Waals surface area contributed by atoms with Crippen molar-refractivity contribution >= 4 is 11.7 Å². The summed E-state index contributed by atoms with van der Waals surface area (Å²) in [4.78, 5) is 11.6. The third-order valence-electron chi connectivity index (χ3n) is 2.74. The van der Waals surface area contributed by atoms with E-state index in [1.54, 1.807) is 12.1 Å². The number of carbonyl (C=O) groups excluding carboxylic acids is 1. The van der Waals surface area contributed by atoms with Crippen molar-refractivity contribution in [3.8, 4) is 11.5 Å². The van der Waals surface area contributed by atoms with Crippen molar-refractivity contribution in [3.63, 3.8) is 0 Å². The molecule has 0 amide bonds. The Morgan fingerprint density at radius 1 is 1.21 bits per heavy atom.